The van der Waals surface area contributed by atoms with Crippen molar-refractivity contribution in [3.05, 3.63) is 35.4 Å². The minimum absolute atomic E-state index is 0.0786. The van der Waals surface area contributed by atoms with Crippen LogP contribution in [0.4, 0.5) is 13.2 Å². The molecule has 0 amide bonds. The highest BCUT2D eigenvalue weighted by Crippen LogP contribution is 2.29. The first kappa shape index (κ1) is 10.9. The highest BCUT2D eigenvalue weighted by atomic mass is 32.1. The molecule has 3 nitrogen and oxygen atoms in total. The minimum Gasteiger partial charge on any atom is -0.195 e. The fourth-order valence-corrected chi connectivity index (χ4v) is 1.28. The van der Waals surface area contributed by atoms with Crippen LogP contribution in [0.3, 0.4) is 0 Å². The maximum Gasteiger partial charge on any atom is 0.416 e. The Balaban J connectivity index is 2.31. The number of hydrogen-bond donors (Lipinski definition) is 0. The molecule has 0 aliphatic carbocycles. The number of halogens is 3. The quantitative estimate of drug-likeness (QED) is 0.698. The molecule has 0 aromatic heterocycles. The van der Waals surface area contributed by atoms with E-state index in [1.54, 1.807) is 0 Å². The predicted molar refractivity (Wildman–Crippen MR) is 55.4 cm³/mol. The summed E-state index contributed by atoms with van der Waals surface area (Å²) in [6.45, 7) is 0. The molecule has 1 heterocycles. The molecule has 1 aliphatic rings. The third-order valence-corrected chi connectivity index (χ3v) is 2.08. The number of benzene rings is 1. The molecule has 0 atom stereocenters. The molecule has 0 unspecified atom stereocenters. The van der Waals surface area contributed by atoms with E-state index >= 15 is 0 Å². The van der Waals surface area contributed by atoms with E-state index in [2.05, 4.69) is 27.4 Å². The normalized spacial score (nSPS) is 15.4. The van der Waals surface area contributed by atoms with Gasteiger partial charge in [-0.1, -0.05) is 12.1 Å². The molecule has 1 aromatic carbocycles. The highest BCUT2D eigenvalue weighted by Gasteiger charge is 2.30. The maximum atomic E-state index is 12.3. The number of hydrogen-bond acceptors (Lipinski definition) is 2. The van der Waals surface area contributed by atoms with E-state index < -0.39 is 11.7 Å². The van der Waals surface area contributed by atoms with Gasteiger partial charge in [-0.3, -0.25) is 0 Å². The summed E-state index contributed by atoms with van der Waals surface area (Å²) in [7, 11) is 0. The van der Waals surface area contributed by atoms with Crippen molar-refractivity contribution in [3.8, 4) is 0 Å². The van der Waals surface area contributed by atoms with Gasteiger partial charge in [0.25, 0.3) is 0 Å². The second-order valence-electron chi connectivity index (χ2n) is 2.99. The summed E-state index contributed by atoms with van der Waals surface area (Å²) in [5.41, 5.74) is -0.258. The van der Waals surface area contributed by atoms with Gasteiger partial charge in [-0.2, -0.15) is 18.2 Å². The van der Waals surface area contributed by atoms with Crippen LogP contribution in [0, 0.1) is 0 Å². The van der Waals surface area contributed by atoms with Gasteiger partial charge in [0.1, 0.15) is 0 Å². The Morgan fingerprint density at radius 2 is 1.62 bits per heavy atom. The van der Waals surface area contributed by atoms with Gasteiger partial charge in [0.15, 0.2) is 5.84 Å². The molecule has 0 spiro atoms. The Labute approximate surface area is 93.7 Å². The Morgan fingerprint density at radius 1 is 1.00 bits per heavy atom. The van der Waals surface area contributed by atoms with E-state index in [9.17, 15) is 13.2 Å². The van der Waals surface area contributed by atoms with Crippen LogP contribution in [-0.2, 0) is 6.18 Å². The van der Waals surface area contributed by atoms with Crippen molar-refractivity contribution < 1.29 is 13.2 Å². The van der Waals surface area contributed by atoms with Gasteiger partial charge in [0.2, 0.25) is 5.11 Å². The van der Waals surface area contributed by atoms with E-state index in [0.29, 0.717) is 5.56 Å². The van der Waals surface area contributed by atoms with E-state index in [0.717, 1.165) is 12.1 Å². The first-order chi connectivity index (χ1) is 7.47. The van der Waals surface area contributed by atoms with Gasteiger partial charge in [0, 0.05) is 5.56 Å². The molecule has 0 fully saturated rings. The molecule has 0 bridgehead atoms. The van der Waals surface area contributed by atoms with Gasteiger partial charge in [-0.15, -0.1) is 10.2 Å². The zero-order valence-corrected chi connectivity index (χ0v) is 8.51. The maximum absolute atomic E-state index is 12.3. The molecule has 0 radical (unpaired) electrons. The lowest BCUT2D eigenvalue weighted by Gasteiger charge is -2.06. The van der Waals surface area contributed by atoms with Crippen LogP contribution < -0.4 is 0 Å². The molecular formula is C9H4F3N3S. The van der Waals surface area contributed by atoms with Crippen molar-refractivity contribution in [3.63, 3.8) is 0 Å². The number of rotatable bonds is 1. The summed E-state index contributed by atoms with van der Waals surface area (Å²) in [5.74, 6) is 0.235. The Bertz CT molecular complexity index is 488. The summed E-state index contributed by atoms with van der Waals surface area (Å²) in [5, 5.41) is 7.21. The minimum atomic E-state index is -4.34. The molecular weight excluding hydrogens is 239 g/mol. The molecule has 7 heteroatoms. The lowest BCUT2D eigenvalue weighted by molar-refractivity contribution is -0.137. The molecule has 0 saturated carbocycles. The second kappa shape index (κ2) is 3.75. The van der Waals surface area contributed by atoms with Crippen LogP contribution in [0.15, 0.2) is 39.5 Å². The lowest BCUT2D eigenvalue weighted by Crippen LogP contribution is -2.05. The Hall–Kier alpha value is -1.63. The number of thiocarbonyl (C=S) groups is 1. The molecule has 1 aliphatic heterocycles. The van der Waals surface area contributed by atoms with Gasteiger partial charge in [-0.05, 0) is 24.4 Å². The lowest BCUT2D eigenvalue weighted by atomic mass is 10.1. The van der Waals surface area contributed by atoms with Crippen molar-refractivity contribution in [2.45, 2.75) is 6.18 Å². The molecule has 82 valence electrons. The van der Waals surface area contributed by atoms with Crippen molar-refractivity contribution in [1.82, 2.24) is 0 Å². The molecule has 16 heavy (non-hydrogen) atoms. The summed E-state index contributed by atoms with van der Waals surface area (Å²) in [4.78, 5) is 3.78. The van der Waals surface area contributed by atoms with E-state index in [1.165, 1.54) is 12.1 Å². The standard InChI is InChI=1S/C9H4F3N3S/c10-9(11,12)6-3-1-5(2-4-6)7-13-8(16)15-14-7/h1-4H. The van der Waals surface area contributed by atoms with Crippen LogP contribution in [0.5, 0.6) is 0 Å². The van der Waals surface area contributed by atoms with Crippen molar-refractivity contribution >= 4 is 23.2 Å². The third kappa shape index (κ3) is 2.13. The SMILES string of the molecule is FC(F)(F)c1ccc(C2=NC(=S)N=N2)cc1. The van der Waals surface area contributed by atoms with E-state index in [4.69, 9.17) is 0 Å². The number of nitrogens with zero attached hydrogens (tertiary/aromatic N) is 3. The third-order valence-electron chi connectivity index (χ3n) is 1.90. The Kier molecular flexibility index (Phi) is 2.55. The largest absolute Gasteiger partial charge is 0.416 e. The monoisotopic (exact) mass is 243 g/mol. The zero-order chi connectivity index (χ0) is 11.8. The van der Waals surface area contributed by atoms with Crippen molar-refractivity contribution in [1.29, 1.82) is 0 Å². The first-order valence-corrected chi connectivity index (χ1v) is 4.60. The first-order valence-electron chi connectivity index (χ1n) is 4.19. The summed E-state index contributed by atoms with van der Waals surface area (Å²) < 4.78 is 36.8. The molecule has 1 aromatic rings. The van der Waals surface area contributed by atoms with Crippen molar-refractivity contribution in [2.24, 2.45) is 15.2 Å². The topological polar surface area (TPSA) is 37.1 Å². The van der Waals surface area contributed by atoms with Crippen molar-refractivity contribution in [2.75, 3.05) is 0 Å². The van der Waals surface area contributed by atoms with Gasteiger partial charge in [-0.25, -0.2) is 0 Å². The number of alkyl halides is 3. The van der Waals surface area contributed by atoms with E-state index in [1.807, 2.05) is 0 Å². The number of aliphatic imine (C=N–C) groups is 1. The number of amidine groups is 1. The van der Waals surface area contributed by atoms with Gasteiger partial charge >= 0.3 is 6.18 Å². The van der Waals surface area contributed by atoms with Gasteiger partial charge < -0.3 is 0 Å². The molecule has 2 rings (SSSR count). The highest BCUT2D eigenvalue weighted by molar-refractivity contribution is 7.80. The van der Waals surface area contributed by atoms with Crippen LogP contribution in [0.2, 0.25) is 0 Å². The van der Waals surface area contributed by atoms with Crippen LogP contribution in [-0.4, -0.2) is 10.9 Å². The summed E-state index contributed by atoms with van der Waals surface area (Å²) in [6.07, 6.45) is -4.34. The van der Waals surface area contributed by atoms with Crippen LogP contribution in [0.1, 0.15) is 11.1 Å². The number of azo groups is 1. The second-order valence-corrected chi connectivity index (χ2v) is 3.36. The average molecular weight is 243 g/mol. The average Bonchev–Trinajstić information content (AvgIpc) is 2.64. The van der Waals surface area contributed by atoms with Crippen LogP contribution in [0.25, 0.3) is 0 Å². The van der Waals surface area contributed by atoms with Crippen LogP contribution >= 0.6 is 12.2 Å². The fourth-order valence-electron chi connectivity index (χ4n) is 1.16. The predicted octanol–water partition coefficient (Wildman–Crippen LogP) is 3.20. The zero-order valence-electron chi connectivity index (χ0n) is 7.69. The van der Waals surface area contributed by atoms with E-state index in [-0.39, 0.29) is 10.9 Å². The Morgan fingerprint density at radius 3 is 2.06 bits per heavy atom. The van der Waals surface area contributed by atoms with Gasteiger partial charge in [0.05, 0.1) is 5.56 Å². The molecule has 0 N–H and O–H groups in total. The summed E-state index contributed by atoms with van der Waals surface area (Å²) >= 11 is 4.65. The summed E-state index contributed by atoms with van der Waals surface area (Å²) in [6, 6.07) is 4.51. The molecule has 0 saturated heterocycles. The smallest absolute Gasteiger partial charge is 0.195 e. The fraction of sp³-hybridized carbons (Fsp3) is 0.111.